The van der Waals surface area contributed by atoms with Gasteiger partial charge in [0.2, 0.25) is 11.8 Å². The standard InChI is InChI=1S/C19H24N2O4/c20-17(22)13-5-8-21(12-13)18(23)19(6-1-2-7-19)14-3-4-15-16(11-14)25-10-9-24-15/h3-4,11,13H,1-2,5-10,12H2,(H2,20,22)/t13-/m1/s1. The summed E-state index contributed by atoms with van der Waals surface area (Å²) < 4.78 is 11.3. The molecule has 6 nitrogen and oxygen atoms in total. The number of benzene rings is 1. The van der Waals surface area contributed by atoms with Crippen LogP contribution in [0.4, 0.5) is 0 Å². The van der Waals surface area contributed by atoms with Crippen molar-refractivity contribution in [1.82, 2.24) is 4.90 Å². The summed E-state index contributed by atoms with van der Waals surface area (Å²) in [7, 11) is 0. The average Bonchev–Trinajstić information content (AvgIpc) is 3.31. The number of carbonyl (C=O) groups excluding carboxylic acids is 2. The molecule has 3 aliphatic rings. The van der Waals surface area contributed by atoms with Crippen molar-refractivity contribution >= 4 is 11.8 Å². The first-order chi connectivity index (χ1) is 12.1. The summed E-state index contributed by atoms with van der Waals surface area (Å²) in [6.07, 6.45) is 4.41. The summed E-state index contributed by atoms with van der Waals surface area (Å²) in [5, 5.41) is 0. The van der Waals surface area contributed by atoms with E-state index in [4.69, 9.17) is 15.2 Å². The molecule has 2 amide bonds. The van der Waals surface area contributed by atoms with Crippen molar-refractivity contribution in [2.45, 2.75) is 37.5 Å². The fraction of sp³-hybridized carbons (Fsp3) is 0.579. The molecule has 1 aliphatic carbocycles. The molecule has 2 aliphatic heterocycles. The molecule has 134 valence electrons. The molecule has 1 saturated heterocycles. The van der Waals surface area contributed by atoms with Crippen LogP contribution < -0.4 is 15.2 Å². The molecule has 1 aromatic rings. The highest BCUT2D eigenvalue weighted by Gasteiger charge is 2.47. The Labute approximate surface area is 147 Å². The van der Waals surface area contributed by atoms with Crippen LogP contribution in [0.15, 0.2) is 18.2 Å². The molecular formula is C19H24N2O4. The smallest absolute Gasteiger partial charge is 0.233 e. The number of ether oxygens (including phenoxy) is 2. The van der Waals surface area contributed by atoms with Crippen molar-refractivity contribution in [3.05, 3.63) is 23.8 Å². The Morgan fingerprint density at radius 1 is 1.12 bits per heavy atom. The number of hydrogen-bond donors (Lipinski definition) is 1. The van der Waals surface area contributed by atoms with E-state index >= 15 is 0 Å². The first-order valence-corrected chi connectivity index (χ1v) is 9.09. The molecule has 2 heterocycles. The van der Waals surface area contributed by atoms with E-state index in [9.17, 15) is 9.59 Å². The summed E-state index contributed by atoms with van der Waals surface area (Å²) in [5.41, 5.74) is 5.92. The van der Waals surface area contributed by atoms with E-state index in [-0.39, 0.29) is 17.7 Å². The van der Waals surface area contributed by atoms with Crippen molar-refractivity contribution in [3.63, 3.8) is 0 Å². The van der Waals surface area contributed by atoms with Gasteiger partial charge in [0.05, 0.1) is 11.3 Å². The monoisotopic (exact) mass is 344 g/mol. The minimum absolute atomic E-state index is 0.130. The highest BCUT2D eigenvalue weighted by Crippen LogP contribution is 2.46. The SMILES string of the molecule is NC(=O)[C@@H]1CCN(C(=O)C2(c3ccc4c(c3)OCCO4)CCCC2)C1. The van der Waals surface area contributed by atoms with Crippen LogP contribution in [0.25, 0.3) is 0 Å². The lowest BCUT2D eigenvalue weighted by Crippen LogP contribution is -2.45. The van der Waals surface area contributed by atoms with Gasteiger partial charge in [0.15, 0.2) is 11.5 Å². The van der Waals surface area contributed by atoms with Crippen molar-refractivity contribution in [1.29, 1.82) is 0 Å². The van der Waals surface area contributed by atoms with Gasteiger partial charge in [-0.3, -0.25) is 9.59 Å². The van der Waals surface area contributed by atoms with E-state index < -0.39 is 5.41 Å². The summed E-state index contributed by atoms with van der Waals surface area (Å²) in [4.78, 5) is 26.7. The third-order valence-electron chi connectivity index (χ3n) is 5.84. The first-order valence-electron chi connectivity index (χ1n) is 9.09. The molecule has 0 spiro atoms. The zero-order valence-electron chi connectivity index (χ0n) is 14.3. The van der Waals surface area contributed by atoms with Gasteiger partial charge in [-0.05, 0) is 37.0 Å². The molecule has 25 heavy (non-hydrogen) atoms. The predicted octanol–water partition coefficient (Wildman–Crippen LogP) is 1.60. The number of nitrogens with zero attached hydrogens (tertiary/aromatic N) is 1. The maximum atomic E-state index is 13.4. The molecule has 1 atom stereocenters. The molecular weight excluding hydrogens is 320 g/mol. The van der Waals surface area contributed by atoms with Crippen LogP contribution in [0.1, 0.15) is 37.7 Å². The van der Waals surface area contributed by atoms with Crippen LogP contribution in [0, 0.1) is 5.92 Å². The fourth-order valence-corrected chi connectivity index (χ4v) is 4.43. The number of rotatable bonds is 3. The molecule has 6 heteroatoms. The predicted molar refractivity (Wildman–Crippen MR) is 91.5 cm³/mol. The Balaban J connectivity index is 1.64. The fourth-order valence-electron chi connectivity index (χ4n) is 4.43. The summed E-state index contributed by atoms with van der Waals surface area (Å²) in [6.45, 7) is 2.14. The van der Waals surface area contributed by atoms with Crippen LogP contribution in [0.5, 0.6) is 11.5 Å². The highest BCUT2D eigenvalue weighted by molar-refractivity contribution is 5.90. The second kappa shape index (κ2) is 6.24. The third-order valence-corrected chi connectivity index (χ3v) is 5.84. The van der Waals surface area contributed by atoms with E-state index in [0.717, 1.165) is 42.7 Å². The van der Waals surface area contributed by atoms with Gasteiger partial charge in [0.1, 0.15) is 13.2 Å². The Morgan fingerprint density at radius 3 is 2.52 bits per heavy atom. The average molecular weight is 344 g/mol. The van der Waals surface area contributed by atoms with E-state index in [1.807, 2.05) is 23.1 Å². The maximum absolute atomic E-state index is 13.4. The molecule has 1 saturated carbocycles. The number of amides is 2. The van der Waals surface area contributed by atoms with Crippen molar-refractivity contribution in [3.8, 4) is 11.5 Å². The molecule has 4 rings (SSSR count). The van der Waals surface area contributed by atoms with E-state index in [1.165, 1.54) is 0 Å². The number of fused-ring (bicyclic) bond motifs is 1. The third kappa shape index (κ3) is 2.73. The van der Waals surface area contributed by atoms with Crippen LogP contribution in [-0.2, 0) is 15.0 Å². The van der Waals surface area contributed by atoms with Gasteiger partial charge in [-0.25, -0.2) is 0 Å². The first kappa shape index (κ1) is 16.2. The van der Waals surface area contributed by atoms with E-state index in [0.29, 0.717) is 32.7 Å². The lowest BCUT2D eigenvalue weighted by Gasteiger charge is -2.33. The van der Waals surface area contributed by atoms with Gasteiger partial charge in [0.25, 0.3) is 0 Å². The van der Waals surface area contributed by atoms with Crippen molar-refractivity contribution in [2.24, 2.45) is 11.7 Å². The quantitative estimate of drug-likeness (QED) is 0.903. The molecule has 1 aromatic carbocycles. The summed E-state index contributed by atoms with van der Waals surface area (Å²) in [6, 6.07) is 5.88. The van der Waals surface area contributed by atoms with Gasteiger partial charge in [-0.1, -0.05) is 18.9 Å². The zero-order chi connectivity index (χ0) is 17.4. The van der Waals surface area contributed by atoms with E-state index in [2.05, 4.69) is 0 Å². The normalized spacial score (nSPS) is 24.3. The largest absolute Gasteiger partial charge is 0.486 e. The van der Waals surface area contributed by atoms with Crippen LogP contribution in [0.2, 0.25) is 0 Å². The zero-order valence-corrected chi connectivity index (χ0v) is 14.3. The lowest BCUT2D eigenvalue weighted by atomic mass is 9.77. The van der Waals surface area contributed by atoms with Crippen LogP contribution in [0.3, 0.4) is 0 Å². The van der Waals surface area contributed by atoms with Gasteiger partial charge in [0, 0.05) is 13.1 Å². The number of carbonyl (C=O) groups is 2. The Bertz CT molecular complexity index is 697. The van der Waals surface area contributed by atoms with Gasteiger partial charge < -0.3 is 20.1 Å². The highest BCUT2D eigenvalue weighted by atomic mass is 16.6. The summed E-state index contributed by atoms with van der Waals surface area (Å²) in [5.74, 6) is 1.06. The van der Waals surface area contributed by atoms with Gasteiger partial charge >= 0.3 is 0 Å². The number of primary amides is 1. The topological polar surface area (TPSA) is 81.9 Å². The number of nitrogens with two attached hydrogens (primary N) is 1. The Kier molecular flexibility index (Phi) is 4.06. The molecule has 0 bridgehead atoms. The minimum Gasteiger partial charge on any atom is -0.486 e. The van der Waals surface area contributed by atoms with E-state index in [1.54, 1.807) is 0 Å². The molecule has 0 radical (unpaired) electrons. The minimum atomic E-state index is -0.512. The number of hydrogen-bond acceptors (Lipinski definition) is 4. The molecule has 2 fully saturated rings. The maximum Gasteiger partial charge on any atom is 0.233 e. The summed E-state index contributed by atoms with van der Waals surface area (Å²) >= 11 is 0. The van der Waals surface area contributed by atoms with Crippen LogP contribution in [-0.4, -0.2) is 43.0 Å². The van der Waals surface area contributed by atoms with Crippen LogP contribution >= 0.6 is 0 Å². The molecule has 0 aromatic heterocycles. The second-order valence-corrected chi connectivity index (χ2v) is 7.29. The molecule has 2 N–H and O–H groups in total. The van der Waals surface area contributed by atoms with Gasteiger partial charge in [-0.15, -0.1) is 0 Å². The number of likely N-dealkylation sites (tertiary alicyclic amines) is 1. The van der Waals surface area contributed by atoms with Crippen molar-refractivity contribution < 1.29 is 19.1 Å². The Hall–Kier alpha value is -2.24. The second-order valence-electron chi connectivity index (χ2n) is 7.29. The van der Waals surface area contributed by atoms with Crippen molar-refractivity contribution in [2.75, 3.05) is 26.3 Å². The Morgan fingerprint density at radius 2 is 1.84 bits per heavy atom. The van der Waals surface area contributed by atoms with Gasteiger partial charge in [-0.2, -0.15) is 0 Å². The molecule has 0 unspecified atom stereocenters. The lowest BCUT2D eigenvalue weighted by molar-refractivity contribution is -0.136.